The van der Waals surface area contributed by atoms with Crippen molar-refractivity contribution in [2.75, 3.05) is 13.2 Å². The lowest BCUT2D eigenvalue weighted by atomic mass is 10.5. The standard InChI is InChI=1S/C6H12N2O4/c1-2-3-12-8(6(7)11)5(10)4-9/h9H,2-4H2,1H3,(H2,7,11). The third-order valence-corrected chi connectivity index (χ3v) is 0.986. The molecule has 0 aromatic heterocycles. The molecule has 0 radical (unpaired) electrons. The maximum atomic E-state index is 10.7. The van der Waals surface area contributed by atoms with Gasteiger partial charge in [-0.2, -0.15) is 0 Å². The first kappa shape index (κ1) is 10.9. The third kappa shape index (κ3) is 3.31. The van der Waals surface area contributed by atoms with Crippen LogP contribution in [0.5, 0.6) is 0 Å². The number of hydrogen-bond acceptors (Lipinski definition) is 4. The van der Waals surface area contributed by atoms with Crippen LogP contribution in [0, 0.1) is 0 Å². The maximum Gasteiger partial charge on any atom is 0.346 e. The highest BCUT2D eigenvalue weighted by atomic mass is 16.7. The van der Waals surface area contributed by atoms with Gasteiger partial charge in [-0.3, -0.25) is 9.63 Å². The van der Waals surface area contributed by atoms with Gasteiger partial charge in [0.25, 0.3) is 5.91 Å². The van der Waals surface area contributed by atoms with Gasteiger partial charge in [0.05, 0.1) is 6.61 Å². The highest BCUT2D eigenvalue weighted by molar-refractivity contribution is 5.92. The average molecular weight is 176 g/mol. The SMILES string of the molecule is CCCON(C(N)=O)C(=O)CO. The van der Waals surface area contributed by atoms with Gasteiger partial charge in [-0.15, -0.1) is 5.06 Å². The number of amides is 3. The normalized spacial score (nSPS) is 9.50. The fourth-order valence-electron chi connectivity index (χ4n) is 0.505. The first-order valence-corrected chi connectivity index (χ1v) is 3.49. The number of hydrogen-bond donors (Lipinski definition) is 2. The molecule has 12 heavy (non-hydrogen) atoms. The van der Waals surface area contributed by atoms with E-state index in [1.807, 2.05) is 6.92 Å². The summed E-state index contributed by atoms with van der Waals surface area (Å²) in [5.41, 5.74) is 4.78. The first-order valence-electron chi connectivity index (χ1n) is 3.49. The van der Waals surface area contributed by atoms with Crippen LogP contribution >= 0.6 is 0 Å². The fraction of sp³-hybridized carbons (Fsp3) is 0.667. The van der Waals surface area contributed by atoms with Crippen molar-refractivity contribution < 1.29 is 19.5 Å². The molecule has 0 unspecified atom stereocenters. The summed E-state index contributed by atoms with van der Waals surface area (Å²) in [6.45, 7) is 1.21. The predicted molar refractivity (Wildman–Crippen MR) is 39.8 cm³/mol. The van der Waals surface area contributed by atoms with Crippen LogP contribution < -0.4 is 5.73 Å². The Morgan fingerprint density at radius 3 is 2.50 bits per heavy atom. The molecule has 0 rings (SSSR count). The van der Waals surface area contributed by atoms with Gasteiger partial charge < -0.3 is 10.8 Å². The second kappa shape index (κ2) is 5.50. The zero-order valence-electron chi connectivity index (χ0n) is 6.82. The quantitative estimate of drug-likeness (QED) is 0.550. The summed E-state index contributed by atoms with van der Waals surface area (Å²) in [6.07, 6.45) is 0.641. The van der Waals surface area contributed by atoms with Crippen molar-refractivity contribution in [3.63, 3.8) is 0 Å². The largest absolute Gasteiger partial charge is 0.386 e. The minimum absolute atomic E-state index is 0.203. The lowest BCUT2D eigenvalue weighted by Crippen LogP contribution is -2.42. The fourth-order valence-corrected chi connectivity index (χ4v) is 0.505. The van der Waals surface area contributed by atoms with Crippen molar-refractivity contribution in [1.82, 2.24) is 5.06 Å². The molecule has 0 aliphatic rings. The molecule has 0 aromatic rings. The van der Waals surface area contributed by atoms with E-state index in [4.69, 9.17) is 10.8 Å². The van der Waals surface area contributed by atoms with Gasteiger partial charge in [-0.05, 0) is 6.42 Å². The third-order valence-electron chi connectivity index (χ3n) is 0.986. The Hall–Kier alpha value is -1.14. The molecule has 0 bridgehead atoms. The highest BCUT2D eigenvalue weighted by Gasteiger charge is 2.18. The summed E-state index contributed by atoms with van der Waals surface area (Å²) in [5, 5.41) is 8.73. The number of nitrogens with zero attached hydrogens (tertiary/aromatic N) is 1. The molecule has 0 aliphatic heterocycles. The van der Waals surface area contributed by atoms with Gasteiger partial charge in [0.15, 0.2) is 0 Å². The number of urea groups is 1. The van der Waals surface area contributed by atoms with Crippen LogP contribution in [0.3, 0.4) is 0 Å². The van der Waals surface area contributed by atoms with Crippen molar-refractivity contribution in [3.8, 4) is 0 Å². The Labute approximate surface area is 69.8 Å². The summed E-state index contributed by atoms with van der Waals surface area (Å²) < 4.78 is 0. The zero-order valence-corrected chi connectivity index (χ0v) is 6.82. The Kier molecular flexibility index (Phi) is 4.98. The van der Waals surface area contributed by atoms with Crippen LogP contribution in [0.15, 0.2) is 0 Å². The van der Waals surface area contributed by atoms with Crippen LogP contribution in [0.2, 0.25) is 0 Å². The topological polar surface area (TPSA) is 92.9 Å². The molecule has 6 heteroatoms. The van der Waals surface area contributed by atoms with Crippen LogP contribution in [0.25, 0.3) is 0 Å². The Morgan fingerprint density at radius 2 is 2.17 bits per heavy atom. The highest BCUT2D eigenvalue weighted by Crippen LogP contribution is 1.92. The van der Waals surface area contributed by atoms with E-state index in [1.54, 1.807) is 0 Å². The van der Waals surface area contributed by atoms with Gasteiger partial charge >= 0.3 is 6.03 Å². The molecule has 3 amide bonds. The van der Waals surface area contributed by atoms with Crippen molar-refractivity contribution in [2.45, 2.75) is 13.3 Å². The molecule has 0 saturated carbocycles. The van der Waals surface area contributed by atoms with Crippen molar-refractivity contribution in [2.24, 2.45) is 5.73 Å². The van der Waals surface area contributed by atoms with Gasteiger partial charge in [0, 0.05) is 0 Å². The lowest BCUT2D eigenvalue weighted by Gasteiger charge is -2.15. The van der Waals surface area contributed by atoms with E-state index in [0.717, 1.165) is 0 Å². The molecule has 0 saturated heterocycles. The number of carbonyl (C=O) groups is 2. The number of carbonyl (C=O) groups excluding carboxylic acids is 2. The molecule has 3 N–H and O–H groups in total. The van der Waals surface area contributed by atoms with E-state index in [-0.39, 0.29) is 6.61 Å². The summed E-state index contributed by atoms with van der Waals surface area (Å²) in [7, 11) is 0. The molecule has 70 valence electrons. The van der Waals surface area contributed by atoms with Crippen molar-refractivity contribution >= 4 is 11.9 Å². The number of primary amides is 1. The molecule has 0 aliphatic carbocycles. The number of rotatable bonds is 4. The molecule has 0 aromatic carbocycles. The number of nitrogens with two attached hydrogens (primary N) is 1. The second-order valence-corrected chi connectivity index (χ2v) is 2.02. The van der Waals surface area contributed by atoms with Crippen molar-refractivity contribution in [3.05, 3.63) is 0 Å². The van der Waals surface area contributed by atoms with Gasteiger partial charge in [0.1, 0.15) is 6.61 Å². The van der Waals surface area contributed by atoms with Gasteiger partial charge in [-0.25, -0.2) is 4.79 Å². The summed E-state index contributed by atoms with van der Waals surface area (Å²) >= 11 is 0. The van der Waals surface area contributed by atoms with E-state index in [9.17, 15) is 9.59 Å². The maximum absolute atomic E-state index is 10.7. The van der Waals surface area contributed by atoms with E-state index in [0.29, 0.717) is 11.5 Å². The number of aliphatic hydroxyl groups excluding tert-OH is 1. The van der Waals surface area contributed by atoms with Gasteiger partial charge in [0.2, 0.25) is 0 Å². The smallest absolute Gasteiger partial charge is 0.346 e. The molecular formula is C6H12N2O4. The second-order valence-electron chi connectivity index (χ2n) is 2.02. The molecular weight excluding hydrogens is 164 g/mol. The van der Waals surface area contributed by atoms with Gasteiger partial charge in [-0.1, -0.05) is 6.92 Å². The lowest BCUT2D eigenvalue weighted by molar-refractivity contribution is -0.170. The van der Waals surface area contributed by atoms with Crippen LogP contribution in [0.1, 0.15) is 13.3 Å². The summed E-state index contributed by atoms with van der Waals surface area (Å²) in [5.74, 6) is -0.865. The number of imide groups is 1. The molecule has 0 fully saturated rings. The minimum atomic E-state index is -1.03. The van der Waals surface area contributed by atoms with Crippen molar-refractivity contribution in [1.29, 1.82) is 0 Å². The monoisotopic (exact) mass is 176 g/mol. The Morgan fingerprint density at radius 1 is 1.58 bits per heavy atom. The first-order chi connectivity index (χ1) is 5.63. The summed E-state index contributed by atoms with van der Waals surface area (Å²) in [4.78, 5) is 25.9. The van der Waals surface area contributed by atoms with Crippen LogP contribution in [0.4, 0.5) is 4.79 Å². The minimum Gasteiger partial charge on any atom is -0.386 e. The molecule has 0 spiro atoms. The van der Waals surface area contributed by atoms with E-state index in [1.165, 1.54) is 0 Å². The number of hydroxylamine groups is 2. The number of aliphatic hydroxyl groups is 1. The Balaban J connectivity index is 4.04. The Bertz CT molecular complexity index is 171. The van der Waals surface area contributed by atoms with E-state index < -0.39 is 18.5 Å². The molecule has 6 nitrogen and oxygen atoms in total. The zero-order chi connectivity index (χ0) is 9.56. The molecule has 0 heterocycles. The van der Waals surface area contributed by atoms with Crippen LogP contribution in [-0.4, -0.2) is 35.3 Å². The van der Waals surface area contributed by atoms with E-state index in [2.05, 4.69) is 4.84 Å². The molecule has 0 atom stereocenters. The van der Waals surface area contributed by atoms with E-state index >= 15 is 0 Å². The average Bonchev–Trinajstić information content (AvgIpc) is 2.04. The summed E-state index contributed by atoms with van der Waals surface area (Å²) in [6, 6.07) is -1.03. The van der Waals surface area contributed by atoms with Crippen LogP contribution in [-0.2, 0) is 9.63 Å². The predicted octanol–water partition coefficient (Wildman–Crippen LogP) is -0.772.